The lowest BCUT2D eigenvalue weighted by molar-refractivity contribution is 0.122. The maximum Gasteiger partial charge on any atom is 0.191 e. The third-order valence-electron chi connectivity index (χ3n) is 4.76. The van der Waals surface area contributed by atoms with Crippen LogP contribution in [0.5, 0.6) is 0 Å². The number of morpholine rings is 1. The van der Waals surface area contributed by atoms with Crippen molar-refractivity contribution in [2.24, 2.45) is 10.4 Å². The molecule has 1 saturated heterocycles. The summed E-state index contributed by atoms with van der Waals surface area (Å²) in [6.45, 7) is 12.2. The van der Waals surface area contributed by atoms with Crippen LogP contribution in [0.1, 0.15) is 46.1 Å². The molecule has 1 aliphatic rings. The lowest BCUT2D eigenvalue weighted by atomic mass is 9.89. The quantitative estimate of drug-likeness (QED) is 0.346. The summed E-state index contributed by atoms with van der Waals surface area (Å²) >= 11 is 0. The van der Waals surface area contributed by atoms with Gasteiger partial charge in [-0.1, -0.05) is 26.8 Å². The van der Waals surface area contributed by atoms with E-state index in [1.807, 2.05) is 17.0 Å². The van der Waals surface area contributed by atoms with Gasteiger partial charge in [-0.2, -0.15) is 0 Å². The smallest absolute Gasteiger partial charge is 0.191 e. The summed E-state index contributed by atoms with van der Waals surface area (Å²) in [4.78, 5) is 6.31. The van der Waals surface area contributed by atoms with Crippen molar-refractivity contribution >= 4 is 35.6 Å². The summed E-state index contributed by atoms with van der Waals surface area (Å²) in [5, 5.41) is 6.69. The average molecular weight is 506 g/mol. The number of hydrogen-bond donors (Lipinski definition) is 2. The van der Waals surface area contributed by atoms with Crippen LogP contribution in [-0.2, 0) is 11.3 Å². The highest BCUT2D eigenvalue weighted by Gasteiger charge is 2.16. The standard InChI is InChI=1S/C21H35FN4O.HI/c1-16(8-9-21(2,3)4)25-20(23-5)24-15-17-6-7-19(18(22)14-17)26-10-12-27-13-11-26;/h6-7,14,16H,8-13,15H2,1-5H3,(H2,23,24,25);1H. The van der Waals surface area contributed by atoms with Gasteiger partial charge in [-0.15, -0.1) is 24.0 Å². The van der Waals surface area contributed by atoms with Gasteiger partial charge in [0, 0.05) is 32.7 Å². The Morgan fingerprint density at radius 2 is 1.96 bits per heavy atom. The molecule has 2 rings (SSSR count). The molecule has 1 fully saturated rings. The number of rotatable bonds is 6. The number of nitrogens with zero attached hydrogens (tertiary/aromatic N) is 2. The molecule has 2 N–H and O–H groups in total. The lowest BCUT2D eigenvalue weighted by Crippen LogP contribution is -2.42. The Bertz CT molecular complexity index is 627. The number of benzene rings is 1. The van der Waals surface area contributed by atoms with Gasteiger partial charge in [-0.3, -0.25) is 4.99 Å². The van der Waals surface area contributed by atoms with Crippen LogP contribution in [0.3, 0.4) is 0 Å². The topological polar surface area (TPSA) is 48.9 Å². The largest absolute Gasteiger partial charge is 0.378 e. The number of ether oxygens (including phenoxy) is 1. The maximum atomic E-state index is 14.5. The number of hydrogen-bond acceptors (Lipinski definition) is 3. The normalized spacial score (nSPS) is 16.4. The van der Waals surface area contributed by atoms with Crippen molar-refractivity contribution in [2.45, 2.75) is 53.1 Å². The molecular formula is C21H36FIN4O. The van der Waals surface area contributed by atoms with E-state index in [-0.39, 0.29) is 29.8 Å². The van der Waals surface area contributed by atoms with Crippen LogP contribution in [0.25, 0.3) is 0 Å². The van der Waals surface area contributed by atoms with E-state index in [4.69, 9.17) is 4.74 Å². The van der Waals surface area contributed by atoms with Crippen molar-refractivity contribution in [3.63, 3.8) is 0 Å². The van der Waals surface area contributed by atoms with E-state index in [0.29, 0.717) is 36.9 Å². The molecule has 0 radical (unpaired) electrons. The van der Waals surface area contributed by atoms with Gasteiger partial charge < -0.3 is 20.3 Å². The van der Waals surface area contributed by atoms with E-state index < -0.39 is 0 Å². The van der Waals surface area contributed by atoms with Crippen molar-refractivity contribution in [1.29, 1.82) is 0 Å². The minimum absolute atomic E-state index is 0. The van der Waals surface area contributed by atoms with Crippen LogP contribution in [0.15, 0.2) is 23.2 Å². The molecule has 1 unspecified atom stereocenters. The Balaban J connectivity index is 0.00000392. The minimum atomic E-state index is -0.183. The fourth-order valence-electron chi connectivity index (χ4n) is 3.06. The molecule has 0 aliphatic carbocycles. The highest BCUT2D eigenvalue weighted by molar-refractivity contribution is 14.0. The van der Waals surface area contributed by atoms with Crippen LogP contribution in [0.2, 0.25) is 0 Å². The monoisotopic (exact) mass is 506 g/mol. The van der Waals surface area contributed by atoms with Gasteiger partial charge in [-0.05, 0) is 42.9 Å². The summed E-state index contributed by atoms with van der Waals surface area (Å²) in [5.74, 6) is 0.562. The maximum absolute atomic E-state index is 14.5. The second-order valence-corrected chi connectivity index (χ2v) is 8.46. The first kappa shape index (κ1) is 24.9. The highest BCUT2D eigenvalue weighted by atomic mass is 127. The van der Waals surface area contributed by atoms with E-state index >= 15 is 0 Å². The van der Waals surface area contributed by atoms with Crippen molar-refractivity contribution in [3.05, 3.63) is 29.6 Å². The molecule has 1 aliphatic heterocycles. The Hall–Kier alpha value is -1.09. The first-order valence-electron chi connectivity index (χ1n) is 9.87. The number of guanidine groups is 1. The van der Waals surface area contributed by atoms with Gasteiger partial charge in [0.25, 0.3) is 0 Å². The second-order valence-electron chi connectivity index (χ2n) is 8.46. The summed E-state index contributed by atoms with van der Waals surface area (Å²) in [5.41, 5.74) is 1.88. The molecule has 7 heteroatoms. The zero-order valence-corrected chi connectivity index (χ0v) is 20.2. The molecule has 1 aromatic rings. The van der Waals surface area contributed by atoms with Crippen molar-refractivity contribution in [1.82, 2.24) is 10.6 Å². The molecule has 0 aromatic heterocycles. The Morgan fingerprint density at radius 1 is 1.29 bits per heavy atom. The van der Waals surface area contributed by atoms with Crippen LogP contribution < -0.4 is 15.5 Å². The molecule has 1 heterocycles. The van der Waals surface area contributed by atoms with Gasteiger partial charge in [0.15, 0.2) is 5.96 Å². The number of aliphatic imine (C=N–C) groups is 1. The predicted molar refractivity (Wildman–Crippen MR) is 126 cm³/mol. The predicted octanol–water partition coefficient (Wildman–Crippen LogP) is 4.16. The van der Waals surface area contributed by atoms with Gasteiger partial charge in [0.1, 0.15) is 5.82 Å². The van der Waals surface area contributed by atoms with E-state index in [2.05, 4.69) is 43.3 Å². The Labute approximate surface area is 186 Å². The van der Waals surface area contributed by atoms with Crippen LogP contribution in [0, 0.1) is 11.2 Å². The van der Waals surface area contributed by atoms with E-state index in [9.17, 15) is 4.39 Å². The molecule has 160 valence electrons. The first-order valence-corrected chi connectivity index (χ1v) is 9.87. The molecule has 0 amide bonds. The van der Waals surface area contributed by atoms with Crippen LogP contribution >= 0.6 is 24.0 Å². The summed E-state index contributed by atoms with van der Waals surface area (Å²) < 4.78 is 19.8. The van der Waals surface area contributed by atoms with Gasteiger partial charge in [0.05, 0.1) is 18.9 Å². The highest BCUT2D eigenvalue weighted by Crippen LogP contribution is 2.22. The van der Waals surface area contributed by atoms with Crippen LogP contribution in [-0.4, -0.2) is 45.4 Å². The first-order chi connectivity index (χ1) is 12.8. The van der Waals surface area contributed by atoms with Gasteiger partial charge in [0.2, 0.25) is 0 Å². The SMILES string of the molecule is CN=C(NCc1ccc(N2CCOCC2)c(F)c1)NC(C)CCC(C)(C)C.I. The Kier molecular flexibility index (Phi) is 10.5. The summed E-state index contributed by atoms with van der Waals surface area (Å²) in [7, 11) is 1.76. The van der Waals surface area contributed by atoms with Crippen LogP contribution in [0.4, 0.5) is 10.1 Å². The van der Waals surface area contributed by atoms with Gasteiger partial charge in [-0.25, -0.2) is 4.39 Å². The molecule has 0 spiro atoms. The van der Waals surface area contributed by atoms with Crippen molar-refractivity contribution < 1.29 is 9.13 Å². The summed E-state index contributed by atoms with van der Waals surface area (Å²) in [6.07, 6.45) is 2.22. The fourth-order valence-corrected chi connectivity index (χ4v) is 3.06. The van der Waals surface area contributed by atoms with E-state index in [0.717, 1.165) is 37.5 Å². The zero-order chi connectivity index (χ0) is 19.9. The fraction of sp³-hybridized carbons (Fsp3) is 0.667. The van der Waals surface area contributed by atoms with E-state index in [1.54, 1.807) is 13.1 Å². The third kappa shape index (κ3) is 8.51. The third-order valence-corrected chi connectivity index (χ3v) is 4.76. The van der Waals surface area contributed by atoms with Gasteiger partial charge >= 0.3 is 0 Å². The molecule has 0 bridgehead atoms. The molecule has 1 atom stereocenters. The second kappa shape index (κ2) is 11.8. The molecule has 28 heavy (non-hydrogen) atoms. The van der Waals surface area contributed by atoms with E-state index in [1.165, 1.54) is 0 Å². The molecule has 1 aromatic carbocycles. The molecule has 5 nitrogen and oxygen atoms in total. The zero-order valence-electron chi connectivity index (χ0n) is 17.8. The number of anilines is 1. The number of halogens is 2. The molecule has 0 saturated carbocycles. The molecular weight excluding hydrogens is 470 g/mol. The minimum Gasteiger partial charge on any atom is -0.378 e. The number of nitrogens with one attached hydrogen (secondary N) is 2. The van der Waals surface area contributed by atoms with Crippen molar-refractivity contribution in [2.75, 3.05) is 38.3 Å². The lowest BCUT2D eigenvalue weighted by Gasteiger charge is -2.29. The summed E-state index contributed by atoms with van der Waals surface area (Å²) in [6, 6.07) is 5.77. The van der Waals surface area contributed by atoms with Crippen molar-refractivity contribution in [3.8, 4) is 0 Å². The average Bonchev–Trinajstić information content (AvgIpc) is 2.63. The Morgan fingerprint density at radius 3 is 2.54 bits per heavy atom.